The Morgan fingerprint density at radius 3 is 2.22 bits per heavy atom. The molecular weight excluding hydrogens is 574 g/mol. The molecule has 0 aliphatic carbocycles. The summed E-state index contributed by atoms with van der Waals surface area (Å²) in [5.41, 5.74) is 0.744. The average Bonchev–Trinajstić information content (AvgIpc) is 2.78. The van der Waals surface area contributed by atoms with E-state index in [-0.39, 0.29) is 33.5 Å². The summed E-state index contributed by atoms with van der Waals surface area (Å²) in [6, 6.07) is 10.8. The highest BCUT2D eigenvalue weighted by Crippen LogP contribution is 2.27. The van der Waals surface area contributed by atoms with Gasteiger partial charge in [-0.15, -0.1) is 0 Å². The highest BCUT2D eigenvalue weighted by atomic mass is 35.5. The lowest BCUT2D eigenvalue weighted by molar-refractivity contribution is 0.284. The van der Waals surface area contributed by atoms with E-state index in [9.17, 15) is 25.3 Å². The van der Waals surface area contributed by atoms with Gasteiger partial charge in [-0.2, -0.15) is 31.8 Å². The van der Waals surface area contributed by atoms with E-state index in [1.165, 1.54) is 47.4 Å². The van der Waals surface area contributed by atoms with E-state index in [4.69, 9.17) is 20.7 Å². The van der Waals surface area contributed by atoms with Crippen LogP contribution in [-0.4, -0.2) is 68.2 Å². The first-order chi connectivity index (χ1) is 17.2. The fourth-order valence-corrected chi connectivity index (χ4v) is 5.17. The number of benzene rings is 2. The summed E-state index contributed by atoms with van der Waals surface area (Å²) in [6.07, 6.45) is 0. The Bertz CT molecular complexity index is 1600. The number of sulfone groups is 1. The van der Waals surface area contributed by atoms with Crippen LogP contribution in [0.4, 0.5) is 23.3 Å². The molecule has 0 fully saturated rings. The van der Waals surface area contributed by atoms with Crippen LogP contribution >= 0.6 is 11.6 Å². The first-order valence-electron chi connectivity index (χ1n) is 10.2. The Kier molecular flexibility index (Phi) is 8.68. The molecule has 0 spiro atoms. The summed E-state index contributed by atoms with van der Waals surface area (Å²) in [4.78, 5) is 13.5. The van der Waals surface area contributed by atoms with E-state index in [1.54, 1.807) is 13.0 Å². The van der Waals surface area contributed by atoms with Crippen molar-refractivity contribution in [2.24, 2.45) is 0 Å². The van der Waals surface area contributed by atoms with Crippen molar-refractivity contribution in [3.8, 4) is 0 Å². The molecule has 1 heterocycles. The SMILES string of the molecule is CCN(c1cccc(S(=O)(=O)CCOS(=O)(=O)O)c1)c1nc(Cl)nc(Nc2ccc(S(=O)(=O)O)cc2)n1. The molecule has 37 heavy (non-hydrogen) atoms. The Balaban J connectivity index is 1.87. The molecule has 0 radical (unpaired) electrons. The van der Waals surface area contributed by atoms with Crippen LogP contribution in [0.15, 0.2) is 58.3 Å². The lowest BCUT2D eigenvalue weighted by Crippen LogP contribution is -2.21. The molecule has 1 aromatic heterocycles. The van der Waals surface area contributed by atoms with Gasteiger partial charge in [0.25, 0.3) is 10.1 Å². The first-order valence-corrected chi connectivity index (χ1v) is 15.0. The Morgan fingerprint density at radius 1 is 0.946 bits per heavy atom. The van der Waals surface area contributed by atoms with Crippen molar-refractivity contribution in [3.63, 3.8) is 0 Å². The molecule has 0 unspecified atom stereocenters. The molecule has 0 atom stereocenters. The molecule has 3 N–H and O–H groups in total. The maximum Gasteiger partial charge on any atom is 0.397 e. The number of hydrogen-bond acceptors (Lipinski definition) is 12. The van der Waals surface area contributed by atoms with Gasteiger partial charge in [0.05, 0.1) is 22.2 Å². The minimum Gasteiger partial charge on any atom is -0.324 e. The third kappa shape index (κ3) is 8.03. The van der Waals surface area contributed by atoms with Crippen LogP contribution in [0, 0.1) is 0 Å². The van der Waals surface area contributed by atoms with Crippen LogP contribution in [0.25, 0.3) is 0 Å². The van der Waals surface area contributed by atoms with E-state index in [1.807, 2.05) is 0 Å². The van der Waals surface area contributed by atoms with E-state index in [0.29, 0.717) is 11.4 Å². The summed E-state index contributed by atoms with van der Waals surface area (Å²) in [5.74, 6) is -0.646. The topological polar surface area (TPSA) is 206 Å². The third-order valence-electron chi connectivity index (χ3n) is 4.64. The van der Waals surface area contributed by atoms with E-state index < -0.39 is 42.7 Å². The molecule has 3 aromatic rings. The Morgan fingerprint density at radius 2 is 1.62 bits per heavy atom. The zero-order valence-electron chi connectivity index (χ0n) is 18.9. The van der Waals surface area contributed by atoms with Crippen molar-refractivity contribution in [2.75, 3.05) is 29.1 Å². The highest BCUT2D eigenvalue weighted by molar-refractivity contribution is 7.91. The molecule has 18 heteroatoms. The molecule has 3 rings (SSSR count). The summed E-state index contributed by atoms with van der Waals surface area (Å²) in [6.45, 7) is 1.25. The predicted octanol–water partition coefficient (Wildman–Crippen LogP) is 2.27. The minimum absolute atomic E-state index is 0.000747. The fraction of sp³-hybridized carbons (Fsp3) is 0.211. The molecule has 0 aliphatic heterocycles. The predicted molar refractivity (Wildman–Crippen MR) is 133 cm³/mol. The van der Waals surface area contributed by atoms with Gasteiger partial charge in [0, 0.05) is 17.9 Å². The van der Waals surface area contributed by atoms with Gasteiger partial charge in [0.1, 0.15) is 0 Å². The molecule has 0 amide bonds. The number of nitrogens with zero attached hydrogens (tertiary/aromatic N) is 4. The van der Waals surface area contributed by atoms with Crippen molar-refractivity contribution >= 4 is 65.2 Å². The Hall–Kier alpha value is -2.93. The largest absolute Gasteiger partial charge is 0.397 e. The second-order valence-corrected chi connectivity index (χ2v) is 12.1. The van der Waals surface area contributed by atoms with Crippen LogP contribution < -0.4 is 10.2 Å². The van der Waals surface area contributed by atoms with Crippen LogP contribution in [0.5, 0.6) is 0 Å². The first kappa shape index (κ1) is 28.6. The van der Waals surface area contributed by atoms with Crippen LogP contribution in [0.1, 0.15) is 6.92 Å². The molecule has 200 valence electrons. The summed E-state index contributed by atoms with van der Waals surface area (Å²) < 4.78 is 90.8. The minimum atomic E-state index is -4.78. The summed E-state index contributed by atoms with van der Waals surface area (Å²) in [5, 5.41) is 2.65. The van der Waals surface area contributed by atoms with Crippen molar-refractivity contribution in [3.05, 3.63) is 53.8 Å². The van der Waals surface area contributed by atoms with Crippen LogP contribution in [-0.2, 0) is 34.5 Å². The van der Waals surface area contributed by atoms with Gasteiger partial charge in [-0.1, -0.05) is 6.07 Å². The van der Waals surface area contributed by atoms with E-state index >= 15 is 0 Å². The van der Waals surface area contributed by atoms with Crippen molar-refractivity contribution in [2.45, 2.75) is 16.7 Å². The highest BCUT2D eigenvalue weighted by Gasteiger charge is 2.20. The van der Waals surface area contributed by atoms with Crippen molar-refractivity contribution in [1.29, 1.82) is 0 Å². The molecule has 0 saturated heterocycles. The lowest BCUT2D eigenvalue weighted by atomic mass is 10.3. The van der Waals surface area contributed by atoms with Gasteiger partial charge >= 0.3 is 10.4 Å². The number of rotatable bonds is 11. The second kappa shape index (κ2) is 11.2. The van der Waals surface area contributed by atoms with Crippen LogP contribution in [0.2, 0.25) is 5.28 Å². The zero-order valence-corrected chi connectivity index (χ0v) is 22.1. The van der Waals surface area contributed by atoms with Crippen molar-refractivity contribution in [1.82, 2.24) is 15.0 Å². The molecule has 0 aliphatic rings. The quantitative estimate of drug-likeness (QED) is 0.273. The van der Waals surface area contributed by atoms with Gasteiger partial charge in [-0.25, -0.2) is 12.6 Å². The molecule has 2 aromatic carbocycles. The lowest BCUT2D eigenvalue weighted by Gasteiger charge is -2.22. The van der Waals surface area contributed by atoms with Gasteiger partial charge in [0.15, 0.2) is 9.84 Å². The van der Waals surface area contributed by atoms with E-state index in [2.05, 4.69) is 24.5 Å². The molecule has 0 saturated carbocycles. The van der Waals surface area contributed by atoms with Gasteiger partial charge in [-0.05, 0) is 61.0 Å². The fourth-order valence-electron chi connectivity index (χ4n) is 3.01. The maximum absolute atomic E-state index is 12.6. The average molecular weight is 594 g/mol. The third-order valence-corrected chi connectivity index (χ3v) is 7.81. The number of aromatic nitrogens is 3. The second-order valence-electron chi connectivity index (χ2n) is 7.16. The normalized spacial score (nSPS) is 12.3. The van der Waals surface area contributed by atoms with E-state index in [0.717, 1.165) is 0 Å². The number of anilines is 4. The van der Waals surface area contributed by atoms with Gasteiger partial charge in [-0.3, -0.25) is 9.11 Å². The Labute approximate surface area is 217 Å². The summed E-state index contributed by atoms with van der Waals surface area (Å²) in [7, 11) is -13.1. The van der Waals surface area contributed by atoms with Gasteiger partial charge in [0.2, 0.25) is 17.2 Å². The number of hydrogen-bond donors (Lipinski definition) is 3. The van der Waals surface area contributed by atoms with Crippen molar-refractivity contribution < 1.29 is 38.5 Å². The number of halogens is 1. The molecular formula is C19H20ClN5O9S3. The number of nitrogens with one attached hydrogen (secondary N) is 1. The summed E-state index contributed by atoms with van der Waals surface area (Å²) >= 11 is 6.07. The van der Waals surface area contributed by atoms with Crippen LogP contribution in [0.3, 0.4) is 0 Å². The zero-order chi connectivity index (χ0) is 27.4. The monoisotopic (exact) mass is 593 g/mol. The molecule has 14 nitrogen and oxygen atoms in total. The van der Waals surface area contributed by atoms with Gasteiger partial charge < -0.3 is 10.2 Å². The molecule has 0 bridgehead atoms. The smallest absolute Gasteiger partial charge is 0.324 e. The standard InChI is InChI=1S/C19H20ClN5O9S3/c1-2-25(14-4-3-5-16(12-14)35(26,27)11-10-34-37(31,32)33)19-23-17(20)22-18(24-19)21-13-6-8-15(9-7-13)36(28,29)30/h3-9,12H,2,10-11H2,1H3,(H,28,29,30)(H,31,32,33)(H,21,22,23,24). The maximum atomic E-state index is 12.6.